The molecule has 19 heavy (non-hydrogen) atoms. The lowest BCUT2D eigenvalue weighted by molar-refractivity contribution is 0.0644. The predicted molar refractivity (Wildman–Crippen MR) is 73.4 cm³/mol. The van der Waals surface area contributed by atoms with E-state index < -0.39 is 5.82 Å². The molecule has 2 atom stereocenters. The molecule has 1 aromatic carbocycles. The normalized spacial score (nSPS) is 23.5. The van der Waals surface area contributed by atoms with Crippen molar-refractivity contribution in [1.29, 1.82) is 0 Å². The van der Waals surface area contributed by atoms with Crippen LogP contribution in [0.3, 0.4) is 0 Å². The molecule has 0 radical (unpaired) electrons. The third-order valence-electron chi connectivity index (χ3n) is 4.03. The van der Waals surface area contributed by atoms with E-state index >= 15 is 0 Å². The summed E-state index contributed by atoms with van der Waals surface area (Å²) in [7, 11) is 0. The van der Waals surface area contributed by atoms with E-state index in [0.29, 0.717) is 24.6 Å². The Bertz CT molecular complexity index is 475. The van der Waals surface area contributed by atoms with Gasteiger partial charge in [0.2, 0.25) is 0 Å². The molecule has 2 rings (SSSR count). The molecule has 3 nitrogen and oxygen atoms in total. The molecule has 0 bridgehead atoms. The fourth-order valence-corrected chi connectivity index (χ4v) is 2.65. The Morgan fingerprint density at radius 1 is 1.53 bits per heavy atom. The van der Waals surface area contributed by atoms with Gasteiger partial charge in [-0.1, -0.05) is 25.5 Å². The van der Waals surface area contributed by atoms with Gasteiger partial charge in [0.1, 0.15) is 5.82 Å². The summed E-state index contributed by atoms with van der Waals surface area (Å²) in [5.41, 5.74) is 6.71. The fourth-order valence-electron chi connectivity index (χ4n) is 2.65. The van der Waals surface area contributed by atoms with E-state index in [4.69, 9.17) is 5.73 Å². The Morgan fingerprint density at radius 2 is 2.26 bits per heavy atom. The van der Waals surface area contributed by atoms with Crippen LogP contribution in [-0.4, -0.2) is 29.9 Å². The Kier molecular flexibility index (Phi) is 4.20. The molecule has 1 aliphatic heterocycles. The number of hydrogen-bond donors (Lipinski definition) is 1. The molecule has 2 N–H and O–H groups in total. The van der Waals surface area contributed by atoms with Crippen molar-refractivity contribution >= 4 is 5.91 Å². The Balaban J connectivity index is 2.18. The second-order valence-corrected chi connectivity index (χ2v) is 5.31. The molecule has 0 spiro atoms. The summed E-state index contributed by atoms with van der Waals surface area (Å²) in [6, 6.07) is 5.10. The van der Waals surface area contributed by atoms with E-state index in [0.717, 1.165) is 12.8 Å². The number of amides is 1. The van der Waals surface area contributed by atoms with Gasteiger partial charge in [0.05, 0.1) is 5.56 Å². The third kappa shape index (κ3) is 2.78. The minimum absolute atomic E-state index is 0.149. The van der Waals surface area contributed by atoms with Crippen molar-refractivity contribution in [2.75, 3.05) is 13.1 Å². The van der Waals surface area contributed by atoms with Crippen LogP contribution >= 0.6 is 0 Å². The predicted octanol–water partition coefficient (Wildman–Crippen LogP) is 2.33. The maximum Gasteiger partial charge on any atom is 0.256 e. The van der Waals surface area contributed by atoms with Crippen LogP contribution in [0.1, 0.15) is 35.7 Å². The fraction of sp³-hybridized carbons (Fsp3) is 0.533. The maximum atomic E-state index is 14.0. The maximum absolute atomic E-state index is 14.0. The van der Waals surface area contributed by atoms with Crippen LogP contribution in [0.5, 0.6) is 0 Å². The second kappa shape index (κ2) is 5.70. The van der Waals surface area contributed by atoms with Gasteiger partial charge in [-0.05, 0) is 30.9 Å². The molecule has 0 aliphatic carbocycles. The van der Waals surface area contributed by atoms with Gasteiger partial charge in [0.15, 0.2) is 0 Å². The first-order valence-electron chi connectivity index (χ1n) is 6.84. The first-order chi connectivity index (χ1) is 9.04. The Morgan fingerprint density at radius 3 is 2.95 bits per heavy atom. The molecule has 1 amide bonds. The molecule has 1 saturated heterocycles. The van der Waals surface area contributed by atoms with E-state index in [1.54, 1.807) is 30.0 Å². The van der Waals surface area contributed by atoms with Gasteiger partial charge in [0, 0.05) is 19.1 Å². The standard InChI is InChI=1S/C15H21FN2O/c1-3-11-9-18(8-7-13(11)17)15(19)12-6-4-5-10(2)14(12)16/h4-6,11,13H,3,7-9,17H2,1-2H3. The zero-order valence-electron chi connectivity index (χ0n) is 11.5. The molecule has 1 heterocycles. The minimum atomic E-state index is -0.407. The molecule has 2 unspecified atom stereocenters. The third-order valence-corrected chi connectivity index (χ3v) is 4.03. The van der Waals surface area contributed by atoms with Crippen LogP contribution in [0, 0.1) is 18.7 Å². The van der Waals surface area contributed by atoms with E-state index in [1.165, 1.54) is 0 Å². The van der Waals surface area contributed by atoms with Crippen LogP contribution in [0.25, 0.3) is 0 Å². The van der Waals surface area contributed by atoms with Crippen molar-refractivity contribution in [3.8, 4) is 0 Å². The van der Waals surface area contributed by atoms with Crippen LogP contribution in [0.15, 0.2) is 18.2 Å². The summed E-state index contributed by atoms with van der Waals surface area (Å²) in [4.78, 5) is 14.1. The highest BCUT2D eigenvalue weighted by Crippen LogP contribution is 2.22. The zero-order valence-corrected chi connectivity index (χ0v) is 11.5. The second-order valence-electron chi connectivity index (χ2n) is 5.31. The lowest BCUT2D eigenvalue weighted by Gasteiger charge is -2.36. The van der Waals surface area contributed by atoms with Crippen molar-refractivity contribution in [2.45, 2.75) is 32.7 Å². The number of hydrogen-bond acceptors (Lipinski definition) is 2. The van der Waals surface area contributed by atoms with E-state index in [9.17, 15) is 9.18 Å². The number of carbonyl (C=O) groups is 1. The monoisotopic (exact) mass is 264 g/mol. The molecule has 1 aliphatic rings. The molecule has 0 saturated carbocycles. The highest BCUT2D eigenvalue weighted by Gasteiger charge is 2.29. The van der Waals surface area contributed by atoms with E-state index in [-0.39, 0.29) is 17.5 Å². The number of benzene rings is 1. The van der Waals surface area contributed by atoms with Gasteiger partial charge in [-0.15, -0.1) is 0 Å². The highest BCUT2D eigenvalue weighted by atomic mass is 19.1. The number of nitrogens with zero attached hydrogens (tertiary/aromatic N) is 1. The van der Waals surface area contributed by atoms with Crippen LogP contribution < -0.4 is 5.73 Å². The number of likely N-dealkylation sites (tertiary alicyclic amines) is 1. The lowest BCUT2D eigenvalue weighted by atomic mass is 9.90. The van der Waals surface area contributed by atoms with Crippen LogP contribution in [0.4, 0.5) is 4.39 Å². The highest BCUT2D eigenvalue weighted by molar-refractivity contribution is 5.94. The smallest absolute Gasteiger partial charge is 0.256 e. The topological polar surface area (TPSA) is 46.3 Å². The SMILES string of the molecule is CCC1CN(C(=O)c2cccc(C)c2F)CCC1N. The van der Waals surface area contributed by atoms with E-state index in [1.807, 2.05) is 0 Å². The van der Waals surface area contributed by atoms with Gasteiger partial charge in [-0.2, -0.15) is 0 Å². The van der Waals surface area contributed by atoms with Crippen molar-refractivity contribution in [1.82, 2.24) is 4.90 Å². The minimum Gasteiger partial charge on any atom is -0.338 e. The summed E-state index contributed by atoms with van der Waals surface area (Å²) in [5.74, 6) is -0.312. The molecular weight excluding hydrogens is 243 g/mol. The Labute approximate surface area is 113 Å². The van der Waals surface area contributed by atoms with Gasteiger partial charge >= 0.3 is 0 Å². The van der Waals surface area contributed by atoms with Crippen LogP contribution in [0.2, 0.25) is 0 Å². The summed E-state index contributed by atoms with van der Waals surface area (Å²) in [5, 5.41) is 0. The molecule has 0 aromatic heterocycles. The number of piperidine rings is 1. The summed E-state index contributed by atoms with van der Waals surface area (Å²) < 4.78 is 14.0. The lowest BCUT2D eigenvalue weighted by Crippen LogP contribution is -2.49. The molecule has 4 heteroatoms. The molecule has 104 valence electrons. The number of nitrogens with two attached hydrogens (primary N) is 1. The number of carbonyl (C=O) groups excluding carboxylic acids is 1. The van der Waals surface area contributed by atoms with Crippen LogP contribution in [-0.2, 0) is 0 Å². The van der Waals surface area contributed by atoms with Gasteiger partial charge in [-0.3, -0.25) is 4.79 Å². The van der Waals surface area contributed by atoms with E-state index in [2.05, 4.69) is 6.92 Å². The van der Waals surface area contributed by atoms with Crippen molar-refractivity contribution in [3.63, 3.8) is 0 Å². The number of halogens is 1. The average molecular weight is 264 g/mol. The van der Waals surface area contributed by atoms with Gasteiger partial charge in [-0.25, -0.2) is 4.39 Å². The first-order valence-corrected chi connectivity index (χ1v) is 6.84. The first kappa shape index (κ1) is 14.0. The van der Waals surface area contributed by atoms with Gasteiger partial charge in [0.25, 0.3) is 5.91 Å². The molecule has 1 aromatic rings. The summed E-state index contributed by atoms with van der Waals surface area (Å²) in [6.45, 7) is 4.99. The molecular formula is C15H21FN2O. The van der Waals surface area contributed by atoms with Crippen molar-refractivity contribution < 1.29 is 9.18 Å². The number of aryl methyl sites for hydroxylation is 1. The largest absolute Gasteiger partial charge is 0.338 e. The van der Waals surface area contributed by atoms with Gasteiger partial charge < -0.3 is 10.6 Å². The summed E-state index contributed by atoms with van der Waals surface area (Å²) in [6.07, 6.45) is 1.74. The quantitative estimate of drug-likeness (QED) is 0.891. The molecule has 1 fully saturated rings. The van der Waals surface area contributed by atoms with Crippen molar-refractivity contribution in [3.05, 3.63) is 35.1 Å². The zero-order chi connectivity index (χ0) is 14.0. The Hall–Kier alpha value is -1.42. The van der Waals surface area contributed by atoms with Crippen molar-refractivity contribution in [2.24, 2.45) is 11.7 Å². The average Bonchev–Trinajstić information content (AvgIpc) is 2.41. The summed E-state index contributed by atoms with van der Waals surface area (Å²) >= 11 is 0. The number of rotatable bonds is 2.